The molecule has 0 aliphatic heterocycles. The minimum Gasteiger partial charge on any atom is -0.548 e. The Morgan fingerprint density at radius 1 is 0.438 bits per heavy atom. The van der Waals surface area contributed by atoms with Crippen LogP contribution in [0.1, 0.15) is 0 Å². The summed E-state index contributed by atoms with van der Waals surface area (Å²) in [7, 11) is 0. The SMILES string of the molecule is O=C(O)CO.O=C(O)CO.O=C(O)CO.O=C(O)CO.O=C([O-])CO.O=C([O-])CO.[Mg+2].[Ti]. The molecule has 0 spiro atoms. The second kappa shape index (κ2) is 47.0. The fourth-order valence-electron chi connectivity index (χ4n) is 0. The van der Waals surface area contributed by atoms with Crippen molar-refractivity contribution in [1.82, 2.24) is 0 Å². The Balaban J connectivity index is -0.0000000356. The summed E-state index contributed by atoms with van der Waals surface area (Å²) in [6.45, 7) is -4.89. The maximum absolute atomic E-state index is 9.12. The average Bonchev–Trinajstić information content (AvgIpc) is 2.69. The molecule has 0 saturated heterocycles. The Morgan fingerprint density at radius 3 is 0.500 bits per heavy atom. The molecule has 0 aromatic heterocycles. The van der Waals surface area contributed by atoms with E-state index in [9.17, 15) is 0 Å². The van der Waals surface area contributed by atoms with E-state index in [1.807, 2.05) is 0 Å². The van der Waals surface area contributed by atoms with Crippen LogP contribution in [-0.2, 0) is 50.5 Å². The van der Waals surface area contributed by atoms with Crippen molar-refractivity contribution >= 4 is 58.9 Å². The van der Waals surface area contributed by atoms with Gasteiger partial charge in [-0.3, -0.25) is 0 Å². The zero-order valence-corrected chi connectivity index (χ0v) is 19.2. The van der Waals surface area contributed by atoms with Crippen molar-refractivity contribution in [3.63, 3.8) is 0 Å². The summed E-state index contributed by atoms with van der Waals surface area (Å²) in [5.74, 6) is -7.64. The van der Waals surface area contributed by atoms with Gasteiger partial charge in [-0.05, 0) is 0 Å². The first kappa shape index (κ1) is 52.2. The summed E-state index contributed by atoms with van der Waals surface area (Å²) in [5, 5.41) is 93.0. The summed E-state index contributed by atoms with van der Waals surface area (Å²) < 4.78 is 0. The molecule has 0 aliphatic carbocycles. The van der Waals surface area contributed by atoms with Crippen molar-refractivity contribution in [2.24, 2.45) is 0 Å². The molecule has 18 nitrogen and oxygen atoms in total. The zero-order valence-electron chi connectivity index (χ0n) is 16.2. The molecular weight excluding hydrogens is 504 g/mol. The van der Waals surface area contributed by atoms with E-state index >= 15 is 0 Å². The van der Waals surface area contributed by atoms with Crippen LogP contribution in [0.4, 0.5) is 0 Å². The fourth-order valence-corrected chi connectivity index (χ4v) is 0. The number of hydrogen-bond donors (Lipinski definition) is 10. The Hall–Kier alpha value is -1.94. The molecule has 0 rings (SSSR count). The molecule has 0 fully saturated rings. The van der Waals surface area contributed by atoms with Crippen molar-refractivity contribution in [3.8, 4) is 0 Å². The first-order valence-corrected chi connectivity index (χ1v) is 6.55. The van der Waals surface area contributed by atoms with Gasteiger partial charge in [0.15, 0.2) is 0 Å². The van der Waals surface area contributed by atoms with Crippen LogP contribution in [0.5, 0.6) is 0 Å². The Labute approximate surface area is 210 Å². The molecule has 0 atom stereocenters. The summed E-state index contributed by atoms with van der Waals surface area (Å²) >= 11 is 0. The molecule has 10 N–H and O–H groups in total. The molecule has 0 saturated carbocycles. The van der Waals surface area contributed by atoms with Gasteiger partial charge in [-0.25, -0.2) is 19.2 Å². The predicted molar refractivity (Wildman–Crippen MR) is 88.8 cm³/mol. The number of carbonyl (C=O) groups is 6. The topological polar surface area (TPSA) is 351 Å². The van der Waals surface area contributed by atoms with E-state index in [1.165, 1.54) is 0 Å². The Bertz CT molecular complexity index is 362. The minimum absolute atomic E-state index is 0. The van der Waals surface area contributed by atoms with Gasteiger partial charge < -0.3 is 70.9 Å². The maximum Gasteiger partial charge on any atom is 2.00 e. The smallest absolute Gasteiger partial charge is 0.548 e. The molecular formula is C12H22MgO18Ti. The normalized spacial score (nSPS) is 6.94. The van der Waals surface area contributed by atoms with Gasteiger partial charge in [0.2, 0.25) is 0 Å². The molecule has 0 aliphatic rings. The summed E-state index contributed by atoms with van der Waals surface area (Å²) in [6, 6.07) is 0. The van der Waals surface area contributed by atoms with Crippen molar-refractivity contribution < 1.29 is 112 Å². The molecule has 0 unspecified atom stereocenters. The number of carbonyl (C=O) groups excluding carboxylic acids is 2. The van der Waals surface area contributed by atoms with Gasteiger partial charge in [0, 0.05) is 21.7 Å². The van der Waals surface area contributed by atoms with Crippen LogP contribution in [-0.4, -0.2) is 150 Å². The largest absolute Gasteiger partial charge is 2.00 e. The van der Waals surface area contributed by atoms with E-state index in [0.717, 1.165) is 0 Å². The van der Waals surface area contributed by atoms with Gasteiger partial charge in [0.25, 0.3) is 0 Å². The van der Waals surface area contributed by atoms with Crippen LogP contribution >= 0.6 is 0 Å². The van der Waals surface area contributed by atoms with Gasteiger partial charge in [-0.15, -0.1) is 0 Å². The Morgan fingerprint density at radius 2 is 0.500 bits per heavy atom. The molecule has 0 bridgehead atoms. The van der Waals surface area contributed by atoms with Crippen molar-refractivity contribution in [2.45, 2.75) is 0 Å². The number of aliphatic hydroxyl groups excluding tert-OH is 6. The number of carboxylic acids is 6. The second-order valence-electron chi connectivity index (χ2n) is 3.27. The van der Waals surface area contributed by atoms with Gasteiger partial charge >= 0.3 is 46.9 Å². The number of aliphatic carboxylic acids is 6. The van der Waals surface area contributed by atoms with Crippen LogP contribution in [0.2, 0.25) is 0 Å². The minimum atomic E-state index is -1.44. The molecule has 0 heterocycles. The van der Waals surface area contributed by atoms with Gasteiger partial charge in [-0.1, -0.05) is 0 Å². The third kappa shape index (κ3) is 203. The van der Waals surface area contributed by atoms with E-state index < -0.39 is 75.5 Å². The molecule has 0 aromatic carbocycles. The molecule has 20 heteroatoms. The van der Waals surface area contributed by atoms with E-state index in [2.05, 4.69) is 0 Å². The third-order valence-corrected chi connectivity index (χ3v) is 0.799. The average molecular weight is 526 g/mol. The van der Waals surface area contributed by atoms with E-state index in [1.54, 1.807) is 0 Å². The third-order valence-electron chi connectivity index (χ3n) is 0.799. The van der Waals surface area contributed by atoms with E-state index in [4.69, 9.17) is 90.0 Å². The molecule has 0 radical (unpaired) electrons. The standard InChI is InChI=1S/6C2H4O3.Mg.Ti/c6*3-1-2(4)5;;/h6*3H,1H2,(H,4,5);;/q;;;;;;+2;/p-2. The first-order valence-electron chi connectivity index (χ1n) is 6.55. The van der Waals surface area contributed by atoms with Crippen molar-refractivity contribution in [2.75, 3.05) is 39.6 Å². The number of rotatable bonds is 6. The van der Waals surface area contributed by atoms with Gasteiger partial charge in [0.1, 0.15) is 26.4 Å². The quantitative estimate of drug-likeness (QED) is 0.143. The number of carboxylic acid groups (broad SMARTS) is 6. The maximum atomic E-state index is 9.12. The summed E-state index contributed by atoms with van der Waals surface area (Å²) in [6.07, 6.45) is 0. The second-order valence-corrected chi connectivity index (χ2v) is 3.27. The van der Waals surface area contributed by atoms with E-state index in [0.29, 0.717) is 0 Å². The molecule has 32 heavy (non-hydrogen) atoms. The first-order chi connectivity index (χ1) is 13.6. The molecule has 0 aromatic rings. The van der Waals surface area contributed by atoms with E-state index in [-0.39, 0.29) is 44.8 Å². The van der Waals surface area contributed by atoms with Crippen molar-refractivity contribution in [3.05, 3.63) is 0 Å². The molecule has 0 amide bonds. The van der Waals surface area contributed by atoms with Crippen molar-refractivity contribution in [1.29, 1.82) is 0 Å². The van der Waals surface area contributed by atoms with Gasteiger partial charge in [-0.2, -0.15) is 0 Å². The van der Waals surface area contributed by atoms with Crippen LogP contribution < -0.4 is 10.2 Å². The zero-order chi connectivity index (χ0) is 25.7. The Kier molecular flexibility index (Phi) is 76.6. The summed E-state index contributed by atoms with van der Waals surface area (Å²) in [5.41, 5.74) is 0. The number of aliphatic hydroxyl groups is 6. The van der Waals surface area contributed by atoms with Crippen LogP contribution in [0.3, 0.4) is 0 Å². The monoisotopic (exact) mass is 526 g/mol. The van der Waals surface area contributed by atoms with Crippen LogP contribution in [0.25, 0.3) is 0 Å². The van der Waals surface area contributed by atoms with Gasteiger partial charge in [0.05, 0.1) is 25.2 Å². The number of hydrogen-bond acceptors (Lipinski definition) is 14. The fraction of sp³-hybridized carbons (Fsp3) is 0.500. The van der Waals surface area contributed by atoms with Crippen LogP contribution in [0, 0.1) is 0 Å². The molecule has 184 valence electrons. The predicted octanol–water partition coefficient (Wildman–Crippen LogP) is -8.67. The van der Waals surface area contributed by atoms with Crippen LogP contribution in [0.15, 0.2) is 0 Å². The summed E-state index contributed by atoms with van der Waals surface area (Å²) in [4.78, 5) is 54.5.